The summed E-state index contributed by atoms with van der Waals surface area (Å²) in [5.41, 5.74) is -0.362. The van der Waals surface area contributed by atoms with E-state index in [1.54, 1.807) is 76.2 Å². The summed E-state index contributed by atoms with van der Waals surface area (Å²) in [5.74, 6) is -0.371. The molecule has 0 aliphatic heterocycles. The number of ketones is 1. The van der Waals surface area contributed by atoms with Crippen molar-refractivity contribution in [1.82, 2.24) is 0 Å². The van der Waals surface area contributed by atoms with E-state index in [0.29, 0.717) is 21.9 Å². The summed E-state index contributed by atoms with van der Waals surface area (Å²) < 4.78 is 11.1. The Morgan fingerprint density at radius 1 is 1.00 bits per heavy atom. The Bertz CT molecular complexity index is 764. The van der Waals surface area contributed by atoms with E-state index < -0.39 is 11.6 Å². The van der Waals surface area contributed by atoms with Crippen LogP contribution in [0, 0.1) is 0 Å². The van der Waals surface area contributed by atoms with Crippen LogP contribution in [0.15, 0.2) is 48.5 Å². The van der Waals surface area contributed by atoms with Gasteiger partial charge in [0.15, 0.2) is 11.4 Å². The zero-order valence-electron chi connectivity index (χ0n) is 14.7. The van der Waals surface area contributed by atoms with Gasteiger partial charge >= 0.3 is 5.97 Å². The SMILES string of the molecule is CC(C)OC(=O)C(C)(C)Oc1ccccc1C(=O)c1ccc(Cl)cc1. The third kappa shape index (κ3) is 4.83. The summed E-state index contributed by atoms with van der Waals surface area (Å²) in [7, 11) is 0. The summed E-state index contributed by atoms with van der Waals surface area (Å²) in [6.45, 7) is 6.76. The van der Waals surface area contributed by atoms with Gasteiger partial charge in [0, 0.05) is 10.6 Å². The molecular weight excluding hydrogens is 340 g/mol. The first kappa shape index (κ1) is 19.0. The molecule has 0 radical (unpaired) electrons. The minimum atomic E-state index is -1.22. The molecule has 0 atom stereocenters. The van der Waals surface area contributed by atoms with E-state index in [-0.39, 0.29) is 11.9 Å². The Hall–Kier alpha value is -2.33. The highest BCUT2D eigenvalue weighted by atomic mass is 35.5. The number of carbonyl (C=O) groups excluding carboxylic acids is 2. The predicted molar refractivity (Wildman–Crippen MR) is 97.3 cm³/mol. The van der Waals surface area contributed by atoms with E-state index >= 15 is 0 Å². The third-order valence-corrected chi connectivity index (χ3v) is 3.69. The lowest BCUT2D eigenvalue weighted by molar-refractivity contribution is -0.163. The molecule has 0 aliphatic rings. The number of carbonyl (C=O) groups is 2. The van der Waals surface area contributed by atoms with Crippen molar-refractivity contribution in [2.24, 2.45) is 0 Å². The molecule has 2 aromatic carbocycles. The van der Waals surface area contributed by atoms with Gasteiger partial charge in [-0.2, -0.15) is 0 Å². The number of esters is 1. The van der Waals surface area contributed by atoms with Crippen LogP contribution in [0.1, 0.15) is 43.6 Å². The van der Waals surface area contributed by atoms with Crippen molar-refractivity contribution in [3.05, 3.63) is 64.7 Å². The van der Waals surface area contributed by atoms with Crippen molar-refractivity contribution in [3.8, 4) is 5.75 Å². The molecule has 0 saturated carbocycles. The molecule has 0 amide bonds. The van der Waals surface area contributed by atoms with Gasteiger partial charge < -0.3 is 9.47 Å². The van der Waals surface area contributed by atoms with Crippen LogP contribution >= 0.6 is 11.6 Å². The van der Waals surface area contributed by atoms with Crippen LogP contribution in [0.5, 0.6) is 5.75 Å². The second-order valence-corrected chi connectivity index (χ2v) is 6.84. The maximum Gasteiger partial charge on any atom is 0.350 e. The van der Waals surface area contributed by atoms with E-state index in [0.717, 1.165) is 0 Å². The summed E-state index contributed by atoms with van der Waals surface area (Å²) >= 11 is 5.87. The smallest absolute Gasteiger partial charge is 0.350 e. The van der Waals surface area contributed by atoms with Gasteiger partial charge in [-0.05, 0) is 64.1 Å². The molecule has 0 aromatic heterocycles. The van der Waals surface area contributed by atoms with E-state index in [4.69, 9.17) is 21.1 Å². The first-order valence-corrected chi connectivity index (χ1v) is 8.38. The predicted octanol–water partition coefficient (Wildman–Crippen LogP) is 4.68. The minimum absolute atomic E-state index is 0.208. The fourth-order valence-corrected chi connectivity index (χ4v) is 2.30. The monoisotopic (exact) mass is 360 g/mol. The topological polar surface area (TPSA) is 52.6 Å². The van der Waals surface area contributed by atoms with E-state index in [1.165, 1.54) is 0 Å². The highest BCUT2D eigenvalue weighted by Gasteiger charge is 2.33. The van der Waals surface area contributed by atoms with E-state index in [2.05, 4.69) is 0 Å². The van der Waals surface area contributed by atoms with Crippen LogP contribution in [-0.4, -0.2) is 23.5 Å². The van der Waals surface area contributed by atoms with Gasteiger partial charge in [-0.15, -0.1) is 0 Å². The van der Waals surface area contributed by atoms with Crippen molar-refractivity contribution in [2.75, 3.05) is 0 Å². The molecule has 0 bridgehead atoms. The zero-order valence-corrected chi connectivity index (χ0v) is 15.5. The molecule has 2 aromatic rings. The molecule has 5 heteroatoms. The molecule has 0 saturated heterocycles. The van der Waals surface area contributed by atoms with Gasteiger partial charge in [0.2, 0.25) is 0 Å². The van der Waals surface area contributed by atoms with Crippen LogP contribution in [0.4, 0.5) is 0 Å². The highest BCUT2D eigenvalue weighted by Crippen LogP contribution is 2.27. The molecule has 0 heterocycles. The Morgan fingerprint density at radius 2 is 1.60 bits per heavy atom. The lowest BCUT2D eigenvalue weighted by Crippen LogP contribution is -2.41. The number of rotatable bonds is 6. The average Bonchev–Trinajstić information content (AvgIpc) is 2.54. The summed E-state index contributed by atoms with van der Waals surface area (Å²) in [4.78, 5) is 25.0. The van der Waals surface area contributed by atoms with Crippen molar-refractivity contribution in [3.63, 3.8) is 0 Å². The number of para-hydroxylation sites is 1. The Balaban J connectivity index is 2.30. The van der Waals surface area contributed by atoms with E-state index in [1.807, 2.05) is 0 Å². The van der Waals surface area contributed by atoms with Gasteiger partial charge in [0.25, 0.3) is 0 Å². The Morgan fingerprint density at radius 3 is 2.20 bits per heavy atom. The third-order valence-electron chi connectivity index (χ3n) is 3.44. The molecule has 0 aliphatic carbocycles. The fourth-order valence-electron chi connectivity index (χ4n) is 2.17. The quantitative estimate of drug-likeness (QED) is 0.554. The largest absolute Gasteiger partial charge is 0.475 e. The molecule has 25 heavy (non-hydrogen) atoms. The molecule has 0 spiro atoms. The Kier molecular flexibility index (Phi) is 5.85. The number of halogens is 1. The number of ether oxygens (including phenoxy) is 2. The molecular formula is C20H21ClO4. The maximum atomic E-state index is 12.8. The number of benzene rings is 2. The van der Waals surface area contributed by atoms with E-state index in [9.17, 15) is 9.59 Å². The minimum Gasteiger partial charge on any atom is -0.475 e. The van der Waals surface area contributed by atoms with Crippen LogP contribution in [0.2, 0.25) is 5.02 Å². The highest BCUT2D eigenvalue weighted by molar-refractivity contribution is 6.30. The maximum absolute atomic E-state index is 12.8. The van der Waals surface area contributed by atoms with Crippen LogP contribution < -0.4 is 4.74 Å². The second-order valence-electron chi connectivity index (χ2n) is 6.40. The van der Waals surface area contributed by atoms with Gasteiger partial charge in [-0.25, -0.2) is 4.79 Å². The van der Waals surface area contributed by atoms with Crippen LogP contribution in [0.3, 0.4) is 0 Å². The molecule has 0 N–H and O–H groups in total. The van der Waals surface area contributed by atoms with Crippen molar-refractivity contribution < 1.29 is 19.1 Å². The van der Waals surface area contributed by atoms with Gasteiger partial charge in [0.1, 0.15) is 5.75 Å². The van der Waals surface area contributed by atoms with Crippen molar-refractivity contribution >= 4 is 23.4 Å². The fraction of sp³-hybridized carbons (Fsp3) is 0.300. The van der Waals surface area contributed by atoms with Gasteiger partial charge in [-0.1, -0.05) is 23.7 Å². The van der Waals surface area contributed by atoms with Crippen molar-refractivity contribution in [1.29, 1.82) is 0 Å². The van der Waals surface area contributed by atoms with Crippen LogP contribution in [-0.2, 0) is 9.53 Å². The zero-order chi connectivity index (χ0) is 18.6. The molecule has 0 fully saturated rings. The molecule has 4 nitrogen and oxygen atoms in total. The van der Waals surface area contributed by atoms with Gasteiger partial charge in [0.05, 0.1) is 11.7 Å². The molecule has 132 valence electrons. The van der Waals surface area contributed by atoms with Crippen molar-refractivity contribution in [2.45, 2.75) is 39.4 Å². The first-order chi connectivity index (χ1) is 11.7. The first-order valence-electron chi connectivity index (χ1n) is 8.00. The Labute approximate surface area is 152 Å². The average molecular weight is 361 g/mol. The summed E-state index contributed by atoms with van der Waals surface area (Å²) in [6, 6.07) is 13.4. The summed E-state index contributed by atoms with van der Waals surface area (Å²) in [6.07, 6.45) is -0.249. The van der Waals surface area contributed by atoms with Crippen LogP contribution in [0.25, 0.3) is 0 Å². The molecule has 0 unspecified atom stereocenters. The normalized spacial score (nSPS) is 11.3. The molecule has 2 rings (SSSR count). The second kappa shape index (κ2) is 7.70. The number of hydrogen-bond donors (Lipinski definition) is 0. The number of hydrogen-bond acceptors (Lipinski definition) is 4. The lowest BCUT2D eigenvalue weighted by Gasteiger charge is -2.26. The standard InChI is InChI=1S/C20H21ClO4/c1-13(2)24-19(23)20(3,4)25-17-8-6-5-7-16(17)18(22)14-9-11-15(21)12-10-14/h5-13H,1-4H3. The van der Waals surface area contributed by atoms with Gasteiger partial charge in [-0.3, -0.25) is 4.79 Å². The summed E-state index contributed by atoms with van der Waals surface area (Å²) in [5, 5.41) is 0.554. The lowest BCUT2D eigenvalue weighted by atomic mass is 10.0.